The summed E-state index contributed by atoms with van der Waals surface area (Å²) in [5.41, 5.74) is 0. The highest BCUT2D eigenvalue weighted by molar-refractivity contribution is 5.80. The van der Waals surface area contributed by atoms with Crippen molar-refractivity contribution in [2.75, 3.05) is 20.3 Å². The van der Waals surface area contributed by atoms with Crippen LogP contribution in [0.2, 0.25) is 0 Å². The molecule has 1 aliphatic rings. The lowest BCUT2D eigenvalue weighted by atomic mass is 10.1. The maximum absolute atomic E-state index is 11.8. The lowest BCUT2D eigenvalue weighted by Crippen LogP contribution is -2.40. The number of carboxylic acids is 1. The fraction of sp³-hybridized carbons (Fsp3) is 0.800. The van der Waals surface area contributed by atoms with Gasteiger partial charge in [0.1, 0.15) is 0 Å². The Kier molecular flexibility index (Phi) is 4.08. The molecule has 0 radical (unpaired) electrons. The van der Waals surface area contributed by atoms with Crippen molar-refractivity contribution in [2.24, 2.45) is 5.92 Å². The maximum atomic E-state index is 11.8. The van der Waals surface area contributed by atoms with Crippen LogP contribution in [0.3, 0.4) is 0 Å². The third-order valence-corrected chi connectivity index (χ3v) is 2.76. The maximum Gasteiger partial charge on any atom is 0.305 e. The van der Waals surface area contributed by atoms with Crippen LogP contribution in [0, 0.1) is 5.92 Å². The van der Waals surface area contributed by atoms with E-state index in [4.69, 9.17) is 9.84 Å². The normalized spacial score (nSPS) is 22.4. The first kappa shape index (κ1) is 12.0. The highest BCUT2D eigenvalue weighted by Gasteiger charge is 2.28. The van der Waals surface area contributed by atoms with Gasteiger partial charge in [0, 0.05) is 19.7 Å². The zero-order valence-corrected chi connectivity index (χ0v) is 9.10. The molecule has 1 N–H and O–H groups in total. The average molecular weight is 215 g/mol. The van der Waals surface area contributed by atoms with Gasteiger partial charge < -0.3 is 14.7 Å². The van der Waals surface area contributed by atoms with Gasteiger partial charge in [-0.15, -0.1) is 0 Å². The molecule has 5 nitrogen and oxygen atoms in total. The molecule has 0 aliphatic carbocycles. The lowest BCUT2D eigenvalue weighted by molar-refractivity contribution is -0.141. The molecule has 0 aromatic heterocycles. The summed E-state index contributed by atoms with van der Waals surface area (Å²) in [6.07, 6.45) is 0.721. The van der Waals surface area contributed by atoms with E-state index >= 15 is 0 Å². The van der Waals surface area contributed by atoms with Crippen molar-refractivity contribution in [1.29, 1.82) is 0 Å². The summed E-state index contributed by atoms with van der Waals surface area (Å²) in [4.78, 5) is 23.8. The summed E-state index contributed by atoms with van der Waals surface area (Å²) < 4.78 is 5.13. The Morgan fingerprint density at radius 2 is 2.27 bits per heavy atom. The second-order valence-corrected chi connectivity index (χ2v) is 3.96. The van der Waals surface area contributed by atoms with Crippen LogP contribution in [0.1, 0.15) is 19.8 Å². The number of aliphatic carboxylic acids is 1. The van der Waals surface area contributed by atoms with E-state index in [1.165, 1.54) is 4.90 Å². The summed E-state index contributed by atoms with van der Waals surface area (Å²) in [5, 5.41) is 8.62. The Morgan fingerprint density at radius 3 is 2.73 bits per heavy atom. The van der Waals surface area contributed by atoms with Crippen LogP contribution in [0.25, 0.3) is 0 Å². The molecule has 2 atom stereocenters. The van der Waals surface area contributed by atoms with Crippen molar-refractivity contribution in [3.05, 3.63) is 0 Å². The van der Waals surface area contributed by atoms with Crippen molar-refractivity contribution in [1.82, 2.24) is 4.90 Å². The molecule has 15 heavy (non-hydrogen) atoms. The zero-order valence-electron chi connectivity index (χ0n) is 9.10. The minimum Gasteiger partial charge on any atom is -0.481 e. The van der Waals surface area contributed by atoms with Crippen molar-refractivity contribution in [3.63, 3.8) is 0 Å². The number of amides is 1. The minimum absolute atomic E-state index is 0.0127. The van der Waals surface area contributed by atoms with Gasteiger partial charge in [-0.3, -0.25) is 9.59 Å². The molecule has 1 aliphatic heterocycles. The Balaban J connectivity index is 2.47. The fourth-order valence-electron chi connectivity index (χ4n) is 1.62. The SMILES string of the molecule is CC(CC(=O)O)N(C)C(=O)C1CCOC1. The molecule has 0 spiro atoms. The van der Waals surface area contributed by atoms with Crippen LogP contribution in [0.4, 0.5) is 0 Å². The first-order valence-electron chi connectivity index (χ1n) is 5.08. The summed E-state index contributed by atoms with van der Waals surface area (Å²) in [6, 6.07) is -0.268. The molecule has 1 amide bonds. The minimum atomic E-state index is -0.884. The van der Waals surface area contributed by atoms with Gasteiger partial charge in [-0.25, -0.2) is 0 Å². The number of hydrogen-bond donors (Lipinski definition) is 1. The van der Waals surface area contributed by atoms with E-state index in [0.717, 1.165) is 6.42 Å². The van der Waals surface area contributed by atoms with E-state index in [1.54, 1.807) is 14.0 Å². The van der Waals surface area contributed by atoms with Crippen molar-refractivity contribution in [3.8, 4) is 0 Å². The van der Waals surface area contributed by atoms with Gasteiger partial charge >= 0.3 is 5.97 Å². The van der Waals surface area contributed by atoms with E-state index in [-0.39, 0.29) is 24.3 Å². The largest absolute Gasteiger partial charge is 0.481 e. The van der Waals surface area contributed by atoms with E-state index in [2.05, 4.69) is 0 Å². The average Bonchev–Trinajstić information content (AvgIpc) is 2.67. The quantitative estimate of drug-likeness (QED) is 0.734. The van der Waals surface area contributed by atoms with Gasteiger partial charge in [-0.1, -0.05) is 0 Å². The molecule has 1 heterocycles. The molecule has 86 valence electrons. The predicted octanol–water partition coefficient (Wildman–Crippen LogP) is 0.345. The molecular formula is C10H17NO4. The smallest absolute Gasteiger partial charge is 0.305 e. The Labute approximate surface area is 89.0 Å². The Hall–Kier alpha value is -1.10. The summed E-state index contributed by atoms with van der Waals surface area (Å²) in [6.45, 7) is 2.82. The Bertz CT molecular complexity index is 248. The zero-order chi connectivity index (χ0) is 11.4. The topological polar surface area (TPSA) is 66.8 Å². The second-order valence-electron chi connectivity index (χ2n) is 3.96. The highest BCUT2D eigenvalue weighted by atomic mass is 16.5. The number of carboxylic acid groups (broad SMARTS) is 1. The number of ether oxygens (including phenoxy) is 1. The lowest BCUT2D eigenvalue weighted by Gasteiger charge is -2.25. The molecule has 0 aromatic carbocycles. The van der Waals surface area contributed by atoms with Crippen LogP contribution < -0.4 is 0 Å². The van der Waals surface area contributed by atoms with Gasteiger partial charge in [0.25, 0.3) is 0 Å². The van der Waals surface area contributed by atoms with Crippen molar-refractivity contribution >= 4 is 11.9 Å². The Morgan fingerprint density at radius 1 is 1.60 bits per heavy atom. The van der Waals surface area contributed by atoms with E-state index in [1.807, 2.05) is 0 Å². The van der Waals surface area contributed by atoms with Crippen LogP contribution in [-0.2, 0) is 14.3 Å². The fourth-order valence-corrected chi connectivity index (χ4v) is 1.62. The van der Waals surface area contributed by atoms with E-state index in [0.29, 0.717) is 13.2 Å². The van der Waals surface area contributed by atoms with E-state index in [9.17, 15) is 9.59 Å². The molecule has 1 saturated heterocycles. The van der Waals surface area contributed by atoms with Crippen LogP contribution in [0.15, 0.2) is 0 Å². The van der Waals surface area contributed by atoms with E-state index < -0.39 is 5.97 Å². The number of carbonyl (C=O) groups is 2. The number of carbonyl (C=O) groups excluding carboxylic acids is 1. The molecule has 5 heteroatoms. The molecule has 0 saturated carbocycles. The van der Waals surface area contributed by atoms with Gasteiger partial charge in [0.2, 0.25) is 5.91 Å². The molecule has 0 bridgehead atoms. The third kappa shape index (κ3) is 3.20. The monoisotopic (exact) mass is 215 g/mol. The van der Waals surface area contributed by atoms with Gasteiger partial charge in [0.05, 0.1) is 18.9 Å². The molecular weight excluding hydrogens is 198 g/mol. The molecule has 1 rings (SSSR count). The van der Waals surface area contributed by atoms with Crippen LogP contribution >= 0.6 is 0 Å². The third-order valence-electron chi connectivity index (χ3n) is 2.76. The summed E-state index contributed by atoms with van der Waals surface area (Å²) >= 11 is 0. The van der Waals surface area contributed by atoms with Crippen molar-refractivity contribution < 1.29 is 19.4 Å². The predicted molar refractivity (Wildman–Crippen MR) is 53.4 cm³/mol. The number of nitrogens with zero attached hydrogens (tertiary/aromatic N) is 1. The second kappa shape index (κ2) is 5.11. The number of rotatable bonds is 4. The summed E-state index contributed by atoms with van der Waals surface area (Å²) in [5.74, 6) is -0.989. The molecule has 2 unspecified atom stereocenters. The first-order valence-corrected chi connectivity index (χ1v) is 5.08. The standard InChI is InChI=1S/C10H17NO4/c1-7(5-9(12)13)11(2)10(14)8-3-4-15-6-8/h7-8H,3-6H2,1-2H3,(H,12,13). The molecule has 1 fully saturated rings. The highest BCUT2D eigenvalue weighted by Crippen LogP contribution is 2.16. The van der Waals surface area contributed by atoms with Gasteiger partial charge in [-0.2, -0.15) is 0 Å². The molecule has 0 aromatic rings. The van der Waals surface area contributed by atoms with Crippen LogP contribution in [-0.4, -0.2) is 48.2 Å². The summed E-state index contributed by atoms with van der Waals surface area (Å²) in [7, 11) is 1.65. The van der Waals surface area contributed by atoms with Gasteiger partial charge in [-0.05, 0) is 13.3 Å². The van der Waals surface area contributed by atoms with Gasteiger partial charge in [0.15, 0.2) is 0 Å². The first-order chi connectivity index (χ1) is 7.02. The number of hydrogen-bond acceptors (Lipinski definition) is 3. The van der Waals surface area contributed by atoms with Crippen LogP contribution in [0.5, 0.6) is 0 Å². The van der Waals surface area contributed by atoms with Crippen molar-refractivity contribution in [2.45, 2.75) is 25.8 Å².